The van der Waals surface area contributed by atoms with Crippen molar-refractivity contribution in [2.24, 2.45) is 0 Å². The first-order valence-electron chi connectivity index (χ1n) is 9.84. The summed E-state index contributed by atoms with van der Waals surface area (Å²) in [4.78, 5) is 28.1. The summed E-state index contributed by atoms with van der Waals surface area (Å²) in [5, 5.41) is 13.1. The van der Waals surface area contributed by atoms with E-state index in [1.807, 2.05) is 35.2 Å². The third kappa shape index (κ3) is 6.58. The van der Waals surface area contributed by atoms with E-state index in [-0.39, 0.29) is 18.2 Å². The van der Waals surface area contributed by atoms with Gasteiger partial charge in [0.05, 0.1) is 12.4 Å². The molecule has 0 saturated carbocycles. The fraction of sp³-hybridized carbons (Fsp3) is 0.364. The molecule has 0 aliphatic carbocycles. The summed E-state index contributed by atoms with van der Waals surface area (Å²) < 4.78 is 5.12. The Hall–Kier alpha value is -2.90. The smallest absolute Gasteiger partial charge is 0.244 e. The topological polar surface area (TPSA) is 86.0 Å². The van der Waals surface area contributed by atoms with E-state index in [4.69, 9.17) is 4.42 Å². The van der Waals surface area contributed by atoms with Crippen molar-refractivity contribution in [3.05, 3.63) is 66.1 Å². The van der Waals surface area contributed by atoms with Crippen LogP contribution in [0, 0.1) is 0 Å². The molecule has 1 fully saturated rings. The maximum absolute atomic E-state index is 12.3. The van der Waals surface area contributed by atoms with Gasteiger partial charge in [0, 0.05) is 51.8 Å². The molecule has 1 aromatic heterocycles. The molecular formula is C22H27N3O4. The van der Waals surface area contributed by atoms with Crippen LogP contribution >= 0.6 is 0 Å². The number of nitrogens with zero attached hydrogens (tertiary/aromatic N) is 2. The predicted molar refractivity (Wildman–Crippen MR) is 110 cm³/mol. The highest BCUT2D eigenvalue weighted by Gasteiger charge is 2.22. The average molecular weight is 397 g/mol. The van der Waals surface area contributed by atoms with E-state index in [0.29, 0.717) is 31.9 Å². The van der Waals surface area contributed by atoms with Crippen molar-refractivity contribution >= 4 is 17.9 Å². The quantitative estimate of drug-likeness (QED) is 0.662. The van der Waals surface area contributed by atoms with E-state index < -0.39 is 6.10 Å². The number of carbonyl (C=O) groups is 2. The number of nitrogens with one attached hydrogen (secondary N) is 1. The van der Waals surface area contributed by atoms with E-state index in [1.165, 1.54) is 6.08 Å². The molecule has 0 radical (unpaired) electrons. The van der Waals surface area contributed by atoms with Gasteiger partial charge in [-0.05, 0) is 23.8 Å². The Balaban J connectivity index is 1.33. The van der Waals surface area contributed by atoms with Gasteiger partial charge < -0.3 is 19.7 Å². The van der Waals surface area contributed by atoms with E-state index >= 15 is 0 Å². The van der Waals surface area contributed by atoms with Gasteiger partial charge in [-0.25, -0.2) is 0 Å². The zero-order valence-corrected chi connectivity index (χ0v) is 16.4. The second-order valence-electron chi connectivity index (χ2n) is 7.00. The molecule has 1 aliphatic heterocycles. The van der Waals surface area contributed by atoms with E-state index in [0.717, 1.165) is 18.7 Å². The molecule has 0 bridgehead atoms. The number of aliphatic hydroxyl groups excluding tert-OH is 1. The summed E-state index contributed by atoms with van der Waals surface area (Å²) in [5.41, 5.74) is 0.905. The van der Waals surface area contributed by atoms with Crippen molar-refractivity contribution < 1.29 is 19.1 Å². The summed E-state index contributed by atoms with van der Waals surface area (Å²) in [5.74, 6) is 0.379. The maximum atomic E-state index is 12.3. The molecule has 1 unspecified atom stereocenters. The normalized spacial score (nSPS) is 16.1. The number of aliphatic hydroxyl groups is 1. The number of amides is 2. The highest BCUT2D eigenvalue weighted by molar-refractivity contribution is 5.91. The number of benzene rings is 1. The van der Waals surface area contributed by atoms with Crippen molar-refractivity contribution in [3.63, 3.8) is 0 Å². The first kappa shape index (κ1) is 20.8. The van der Waals surface area contributed by atoms with Gasteiger partial charge in [0.25, 0.3) is 0 Å². The Morgan fingerprint density at radius 3 is 2.55 bits per heavy atom. The van der Waals surface area contributed by atoms with Crippen LogP contribution in [0.4, 0.5) is 0 Å². The van der Waals surface area contributed by atoms with E-state index in [9.17, 15) is 14.7 Å². The van der Waals surface area contributed by atoms with Crippen molar-refractivity contribution in [1.29, 1.82) is 0 Å². The molecule has 1 atom stereocenters. The zero-order valence-electron chi connectivity index (χ0n) is 16.4. The monoisotopic (exact) mass is 397 g/mol. The molecule has 2 N–H and O–H groups in total. The lowest BCUT2D eigenvalue weighted by Gasteiger charge is -2.35. The van der Waals surface area contributed by atoms with Gasteiger partial charge in [0.2, 0.25) is 11.8 Å². The lowest BCUT2D eigenvalue weighted by molar-refractivity contribution is -0.133. The SMILES string of the molecule is O=C(/C=C/c1ccco1)NCCC(=O)N1CCN(CC(O)c2ccccc2)CC1. The molecule has 2 amide bonds. The van der Waals surface area contributed by atoms with Crippen molar-refractivity contribution in [3.8, 4) is 0 Å². The molecule has 1 aliphatic rings. The van der Waals surface area contributed by atoms with Crippen LogP contribution in [0.3, 0.4) is 0 Å². The van der Waals surface area contributed by atoms with Crippen LogP contribution in [0.25, 0.3) is 6.08 Å². The predicted octanol–water partition coefficient (Wildman–Crippen LogP) is 1.68. The first-order chi connectivity index (χ1) is 14.1. The van der Waals surface area contributed by atoms with Gasteiger partial charge in [-0.3, -0.25) is 14.5 Å². The Morgan fingerprint density at radius 2 is 1.86 bits per heavy atom. The Labute approximate surface area is 170 Å². The zero-order chi connectivity index (χ0) is 20.5. The highest BCUT2D eigenvalue weighted by Crippen LogP contribution is 2.15. The van der Waals surface area contributed by atoms with E-state index in [1.54, 1.807) is 24.5 Å². The minimum Gasteiger partial charge on any atom is -0.465 e. The standard InChI is InChI=1S/C22H27N3O4/c26-20(18-5-2-1-3-6-18)17-24-12-14-25(15-13-24)22(28)10-11-23-21(27)9-8-19-7-4-16-29-19/h1-9,16,20,26H,10-15,17H2,(H,23,27)/b9-8+. The molecule has 3 rings (SSSR count). The van der Waals surface area contributed by atoms with Gasteiger partial charge in [-0.1, -0.05) is 30.3 Å². The number of rotatable bonds is 8. The Bertz CT molecular complexity index is 797. The lowest BCUT2D eigenvalue weighted by Crippen LogP contribution is -2.50. The fourth-order valence-electron chi connectivity index (χ4n) is 3.26. The van der Waals surface area contributed by atoms with Gasteiger partial charge in [0.15, 0.2) is 0 Å². The van der Waals surface area contributed by atoms with E-state index in [2.05, 4.69) is 10.2 Å². The number of hydrogen-bond donors (Lipinski definition) is 2. The van der Waals surface area contributed by atoms with Crippen molar-refractivity contribution in [2.45, 2.75) is 12.5 Å². The Kier molecular flexibility index (Phi) is 7.61. The van der Waals surface area contributed by atoms with Gasteiger partial charge in [-0.2, -0.15) is 0 Å². The minimum absolute atomic E-state index is 0.0311. The van der Waals surface area contributed by atoms with Crippen LogP contribution in [0.1, 0.15) is 23.8 Å². The highest BCUT2D eigenvalue weighted by atomic mass is 16.3. The average Bonchev–Trinajstić information content (AvgIpc) is 3.27. The molecule has 154 valence electrons. The number of hydrogen-bond acceptors (Lipinski definition) is 5. The number of carbonyl (C=O) groups excluding carboxylic acids is 2. The maximum Gasteiger partial charge on any atom is 0.244 e. The molecule has 7 heteroatoms. The van der Waals surface area contributed by atoms with Crippen LogP contribution in [0.15, 0.2) is 59.2 Å². The van der Waals surface area contributed by atoms with Crippen molar-refractivity contribution in [2.75, 3.05) is 39.3 Å². The molecule has 7 nitrogen and oxygen atoms in total. The van der Waals surface area contributed by atoms with Gasteiger partial charge >= 0.3 is 0 Å². The summed E-state index contributed by atoms with van der Waals surface area (Å²) in [6, 6.07) is 13.1. The fourth-order valence-corrected chi connectivity index (χ4v) is 3.26. The van der Waals surface area contributed by atoms with Crippen LogP contribution < -0.4 is 5.32 Å². The number of furan rings is 1. The molecule has 1 aromatic carbocycles. The molecule has 2 aromatic rings. The summed E-state index contributed by atoms with van der Waals surface area (Å²) in [6.45, 7) is 3.58. The second kappa shape index (κ2) is 10.6. The van der Waals surface area contributed by atoms with Gasteiger partial charge in [-0.15, -0.1) is 0 Å². The molecule has 1 saturated heterocycles. The third-order valence-corrected chi connectivity index (χ3v) is 4.92. The third-order valence-electron chi connectivity index (χ3n) is 4.92. The largest absolute Gasteiger partial charge is 0.465 e. The number of piperazine rings is 1. The van der Waals surface area contributed by atoms with Crippen LogP contribution in [0.2, 0.25) is 0 Å². The minimum atomic E-state index is -0.525. The first-order valence-corrected chi connectivity index (χ1v) is 9.84. The second-order valence-corrected chi connectivity index (χ2v) is 7.00. The summed E-state index contributed by atoms with van der Waals surface area (Å²) in [7, 11) is 0. The van der Waals surface area contributed by atoms with Crippen molar-refractivity contribution in [1.82, 2.24) is 15.1 Å². The van der Waals surface area contributed by atoms with Crippen LogP contribution in [-0.2, 0) is 9.59 Å². The van der Waals surface area contributed by atoms with Gasteiger partial charge in [0.1, 0.15) is 5.76 Å². The molecular weight excluding hydrogens is 370 g/mol. The molecule has 2 heterocycles. The van der Waals surface area contributed by atoms with Crippen LogP contribution in [-0.4, -0.2) is 66.0 Å². The molecule has 0 spiro atoms. The molecule has 29 heavy (non-hydrogen) atoms. The van der Waals surface area contributed by atoms with Crippen LogP contribution in [0.5, 0.6) is 0 Å². The Morgan fingerprint density at radius 1 is 1.10 bits per heavy atom. The summed E-state index contributed by atoms with van der Waals surface area (Å²) in [6.07, 6.45) is 4.26. The lowest BCUT2D eigenvalue weighted by atomic mass is 10.1. The summed E-state index contributed by atoms with van der Waals surface area (Å²) >= 11 is 0. The number of β-amino-alcohol motifs (C(OH)–C–C–N with tert-alkyl or cyclic N) is 1.